The Morgan fingerprint density at radius 3 is 1.00 bits per heavy atom. The molecule has 0 aliphatic heterocycles. The van der Waals surface area contributed by atoms with E-state index >= 15 is 0 Å². The number of hydrogen-bond donors (Lipinski definition) is 0. The molecule has 0 bridgehead atoms. The first-order chi connectivity index (χ1) is 8.32. The molecule has 0 heterocycles. The average molecular weight is 338 g/mol. The fraction of sp³-hybridized carbons (Fsp3) is 1.00. The predicted molar refractivity (Wildman–Crippen MR) is 74.3 cm³/mol. The molecule has 0 atom stereocenters. The molecule has 0 N–H and O–H groups in total. The molecule has 3 aliphatic rings. The standard InChI is InChI=1S/C16H27.Sn/c1-2-8-13(7-1)16(14-9-3-4-10-14)15-11-5-6-12-15;/h13-15H,1-12H2;. The van der Waals surface area contributed by atoms with E-state index in [1.54, 1.807) is 77.0 Å². The molecule has 3 fully saturated rings. The van der Waals surface area contributed by atoms with Gasteiger partial charge in [0.2, 0.25) is 0 Å². The van der Waals surface area contributed by atoms with Crippen LogP contribution in [0, 0.1) is 17.8 Å². The molecule has 0 saturated heterocycles. The molecule has 1 heteroatoms. The molecule has 0 nitrogen and oxygen atoms in total. The molecule has 3 radical (unpaired) electrons. The Morgan fingerprint density at radius 1 is 0.529 bits per heavy atom. The van der Waals surface area contributed by atoms with E-state index in [-0.39, 0.29) is 0 Å². The van der Waals surface area contributed by atoms with E-state index in [1.165, 1.54) is 0 Å². The second-order valence-corrected chi connectivity index (χ2v) is 9.35. The third kappa shape index (κ3) is 2.32. The maximum absolute atomic E-state index is 1.93. The number of hydrogen-bond acceptors (Lipinski definition) is 0. The SMILES string of the molecule is [Sn][C](C1CCCC1)(C1CCCC1)C1CCCC1. The van der Waals surface area contributed by atoms with Crippen LogP contribution in [0.4, 0.5) is 0 Å². The van der Waals surface area contributed by atoms with E-state index in [9.17, 15) is 0 Å². The summed E-state index contributed by atoms with van der Waals surface area (Å²) in [6.45, 7) is 0. The van der Waals surface area contributed by atoms with E-state index < -0.39 is 0 Å². The first kappa shape index (κ1) is 12.8. The molecule has 0 unspecified atom stereocenters. The van der Waals surface area contributed by atoms with Crippen LogP contribution in [0.3, 0.4) is 0 Å². The average Bonchev–Trinajstić information content (AvgIpc) is 3.10. The van der Waals surface area contributed by atoms with Gasteiger partial charge >= 0.3 is 121 Å². The maximum atomic E-state index is 1.93. The van der Waals surface area contributed by atoms with Gasteiger partial charge in [-0.2, -0.15) is 0 Å². The summed E-state index contributed by atoms with van der Waals surface area (Å²) in [6, 6.07) is 0. The van der Waals surface area contributed by atoms with Crippen LogP contribution in [-0.2, 0) is 0 Å². The molecule has 3 aliphatic carbocycles. The zero-order chi connectivity index (χ0) is 11.7. The van der Waals surface area contributed by atoms with Crippen molar-refractivity contribution in [2.75, 3.05) is 0 Å². The van der Waals surface area contributed by atoms with Crippen LogP contribution in [0.15, 0.2) is 0 Å². The van der Waals surface area contributed by atoms with Crippen molar-refractivity contribution in [2.45, 2.75) is 80.5 Å². The zero-order valence-corrected chi connectivity index (χ0v) is 14.1. The minimum atomic E-state index is 0.830. The van der Waals surface area contributed by atoms with E-state index in [0.717, 1.165) is 21.2 Å². The van der Waals surface area contributed by atoms with Crippen LogP contribution in [0.1, 0.15) is 77.0 Å². The Balaban J connectivity index is 1.81. The normalized spacial score (nSPS) is 29.5. The van der Waals surface area contributed by atoms with E-state index in [4.69, 9.17) is 0 Å². The third-order valence-corrected chi connectivity index (χ3v) is 9.59. The molecule has 95 valence electrons. The summed E-state index contributed by atoms with van der Waals surface area (Å²) in [5.74, 6) is 3.39. The van der Waals surface area contributed by atoms with Gasteiger partial charge < -0.3 is 0 Å². The first-order valence-corrected chi connectivity index (χ1v) is 9.49. The molecule has 3 rings (SSSR count). The molecular weight excluding hydrogens is 311 g/mol. The van der Waals surface area contributed by atoms with Crippen LogP contribution >= 0.6 is 0 Å². The Hall–Kier alpha value is 0.799. The summed E-state index contributed by atoms with van der Waals surface area (Å²) >= 11 is 1.93. The Kier molecular flexibility index (Phi) is 4.09. The van der Waals surface area contributed by atoms with Gasteiger partial charge in [-0.15, -0.1) is 0 Å². The molecule has 0 amide bonds. The minimum absolute atomic E-state index is 0.830. The second-order valence-electron chi connectivity index (χ2n) is 6.88. The van der Waals surface area contributed by atoms with Crippen LogP contribution in [0.5, 0.6) is 0 Å². The molecule has 0 spiro atoms. The van der Waals surface area contributed by atoms with E-state index in [2.05, 4.69) is 0 Å². The topological polar surface area (TPSA) is 0 Å². The van der Waals surface area contributed by atoms with Crippen molar-refractivity contribution in [3.8, 4) is 0 Å². The van der Waals surface area contributed by atoms with Crippen molar-refractivity contribution in [2.24, 2.45) is 17.8 Å². The van der Waals surface area contributed by atoms with Crippen LogP contribution < -0.4 is 0 Å². The van der Waals surface area contributed by atoms with Gasteiger partial charge in [-0.3, -0.25) is 0 Å². The molecule has 0 aromatic heterocycles. The third-order valence-electron chi connectivity index (χ3n) is 6.09. The summed E-state index contributed by atoms with van der Waals surface area (Å²) in [4.78, 5) is 0. The van der Waals surface area contributed by atoms with Crippen LogP contribution in [-0.4, -0.2) is 22.5 Å². The van der Waals surface area contributed by atoms with Gasteiger partial charge in [0.15, 0.2) is 0 Å². The summed E-state index contributed by atoms with van der Waals surface area (Å²) < 4.78 is 0.830. The van der Waals surface area contributed by atoms with Gasteiger partial charge in [0.05, 0.1) is 0 Å². The summed E-state index contributed by atoms with van der Waals surface area (Å²) in [5.41, 5.74) is 0. The Morgan fingerprint density at radius 2 is 0.765 bits per heavy atom. The fourth-order valence-corrected chi connectivity index (χ4v) is 7.68. The van der Waals surface area contributed by atoms with Crippen molar-refractivity contribution in [1.29, 1.82) is 0 Å². The molecule has 0 aromatic rings. The van der Waals surface area contributed by atoms with Crippen molar-refractivity contribution >= 4 is 22.5 Å². The second kappa shape index (κ2) is 5.43. The molecule has 0 aromatic carbocycles. The quantitative estimate of drug-likeness (QED) is 0.643. The fourth-order valence-electron chi connectivity index (χ4n) is 5.21. The molecule has 3 saturated carbocycles. The van der Waals surface area contributed by atoms with Gasteiger partial charge in [0.25, 0.3) is 0 Å². The van der Waals surface area contributed by atoms with E-state index in [0.29, 0.717) is 0 Å². The molecular formula is C16H27Sn. The summed E-state index contributed by atoms with van der Waals surface area (Å²) in [6.07, 6.45) is 18.7. The zero-order valence-electron chi connectivity index (χ0n) is 11.2. The summed E-state index contributed by atoms with van der Waals surface area (Å²) in [5, 5.41) is 0. The van der Waals surface area contributed by atoms with Crippen molar-refractivity contribution < 1.29 is 0 Å². The Labute approximate surface area is 120 Å². The monoisotopic (exact) mass is 339 g/mol. The van der Waals surface area contributed by atoms with Gasteiger partial charge in [0, 0.05) is 0 Å². The van der Waals surface area contributed by atoms with Crippen molar-refractivity contribution in [3.63, 3.8) is 0 Å². The van der Waals surface area contributed by atoms with Gasteiger partial charge in [-0.25, -0.2) is 0 Å². The van der Waals surface area contributed by atoms with Gasteiger partial charge in [-0.05, 0) is 0 Å². The van der Waals surface area contributed by atoms with Crippen LogP contribution in [0.25, 0.3) is 0 Å². The first-order valence-electron chi connectivity index (χ1n) is 8.07. The molecule has 17 heavy (non-hydrogen) atoms. The van der Waals surface area contributed by atoms with Crippen LogP contribution in [0.2, 0.25) is 3.43 Å². The van der Waals surface area contributed by atoms with Crippen molar-refractivity contribution in [1.82, 2.24) is 0 Å². The number of rotatable bonds is 3. The predicted octanol–water partition coefficient (Wildman–Crippen LogP) is 4.88. The van der Waals surface area contributed by atoms with Gasteiger partial charge in [0.1, 0.15) is 0 Å². The Bertz CT molecular complexity index is 201. The van der Waals surface area contributed by atoms with E-state index in [1.807, 2.05) is 22.5 Å². The van der Waals surface area contributed by atoms with Gasteiger partial charge in [-0.1, -0.05) is 0 Å². The van der Waals surface area contributed by atoms with Crippen molar-refractivity contribution in [3.05, 3.63) is 0 Å². The summed E-state index contributed by atoms with van der Waals surface area (Å²) in [7, 11) is 0.